The molecular formula is C16H33NOS3. The molecule has 0 aromatic rings. The summed E-state index contributed by atoms with van der Waals surface area (Å²) in [6.45, 7) is 2.77. The summed E-state index contributed by atoms with van der Waals surface area (Å²) >= 11 is 5.65. The van der Waals surface area contributed by atoms with Crippen molar-refractivity contribution in [2.75, 3.05) is 42.6 Å². The molecule has 0 radical (unpaired) electrons. The van der Waals surface area contributed by atoms with E-state index in [9.17, 15) is 4.79 Å². The Kier molecular flexibility index (Phi) is 14.5. The van der Waals surface area contributed by atoms with E-state index in [0.29, 0.717) is 5.91 Å². The fraction of sp³-hybridized carbons (Fsp3) is 0.938. The van der Waals surface area contributed by atoms with Crippen molar-refractivity contribution in [3.63, 3.8) is 0 Å². The molecule has 21 heavy (non-hydrogen) atoms. The Balaban J connectivity index is 4.82. The van der Waals surface area contributed by atoms with Gasteiger partial charge in [-0.25, -0.2) is 0 Å². The van der Waals surface area contributed by atoms with Gasteiger partial charge < -0.3 is 5.32 Å². The highest BCUT2D eigenvalue weighted by Crippen LogP contribution is 2.36. The summed E-state index contributed by atoms with van der Waals surface area (Å²) < 4.78 is 0. The van der Waals surface area contributed by atoms with Crippen LogP contribution in [0.3, 0.4) is 0 Å². The zero-order valence-electron chi connectivity index (χ0n) is 14.2. The highest BCUT2D eigenvalue weighted by molar-refractivity contribution is 7.98. The van der Waals surface area contributed by atoms with E-state index in [-0.39, 0.29) is 5.41 Å². The molecule has 0 rings (SSSR count). The van der Waals surface area contributed by atoms with Crippen LogP contribution < -0.4 is 5.32 Å². The normalized spacial score (nSPS) is 11.6. The van der Waals surface area contributed by atoms with Gasteiger partial charge in [-0.05, 0) is 81.5 Å². The maximum Gasteiger partial charge on any atom is 0.226 e. The van der Waals surface area contributed by atoms with Crippen LogP contribution in [0.2, 0.25) is 0 Å². The quantitative estimate of drug-likeness (QED) is 0.465. The molecule has 0 atom stereocenters. The molecule has 0 spiro atoms. The fourth-order valence-electron chi connectivity index (χ4n) is 2.73. The molecule has 5 heteroatoms. The number of carbonyl (C=O) groups excluding carboxylic acids is 1. The monoisotopic (exact) mass is 351 g/mol. The Labute approximate surface area is 144 Å². The van der Waals surface area contributed by atoms with E-state index in [1.54, 1.807) is 0 Å². The third kappa shape index (κ3) is 9.29. The van der Waals surface area contributed by atoms with Crippen LogP contribution in [-0.2, 0) is 4.79 Å². The molecule has 0 aliphatic rings. The van der Waals surface area contributed by atoms with Crippen molar-refractivity contribution in [2.45, 2.75) is 45.4 Å². The average Bonchev–Trinajstić information content (AvgIpc) is 2.47. The third-order valence-corrected chi connectivity index (χ3v) is 5.92. The first kappa shape index (κ1) is 21.5. The molecule has 0 aromatic heterocycles. The van der Waals surface area contributed by atoms with E-state index < -0.39 is 0 Å². The van der Waals surface area contributed by atoms with Crippen molar-refractivity contribution in [1.82, 2.24) is 5.32 Å². The summed E-state index contributed by atoms with van der Waals surface area (Å²) in [5.41, 5.74) is -0.128. The first-order chi connectivity index (χ1) is 10.2. The summed E-state index contributed by atoms with van der Waals surface area (Å²) in [5.74, 6) is 3.78. The predicted octanol–water partition coefficient (Wildman–Crippen LogP) is 4.54. The van der Waals surface area contributed by atoms with Crippen LogP contribution in [0.15, 0.2) is 0 Å². The van der Waals surface area contributed by atoms with Gasteiger partial charge in [-0.15, -0.1) is 0 Å². The highest BCUT2D eigenvalue weighted by Gasteiger charge is 2.36. The van der Waals surface area contributed by atoms with Crippen LogP contribution in [0, 0.1) is 5.41 Å². The lowest BCUT2D eigenvalue weighted by atomic mass is 9.74. The molecule has 2 nitrogen and oxygen atoms in total. The van der Waals surface area contributed by atoms with Gasteiger partial charge in [0.15, 0.2) is 0 Å². The van der Waals surface area contributed by atoms with Gasteiger partial charge in [0.2, 0.25) is 5.91 Å². The van der Waals surface area contributed by atoms with Crippen LogP contribution in [0.5, 0.6) is 0 Å². The third-order valence-electron chi connectivity index (χ3n) is 3.83. The molecule has 0 saturated heterocycles. The molecule has 0 aliphatic carbocycles. The minimum Gasteiger partial charge on any atom is -0.356 e. The summed E-state index contributed by atoms with van der Waals surface area (Å²) in [6.07, 6.45) is 13.0. The average molecular weight is 352 g/mol. The smallest absolute Gasteiger partial charge is 0.226 e. The standard InChI is InChI=1S/C16H33NOS3/c1-5-17-15(18)16(9-6-12-19-2,10-7-13-20-3)11-8-14-21-4/h5-14H2,1-4H3,(H,17,18). The van der Waals surface area contributed by atoms with Gasteiger partial charge in [-0.1, -0.05) is 0 Å². The van der Waals surface area contributed by atoms with Crippen molar-refractivity contribution >= 4 is 41.2 Å². The molecule has 1 amide bonds. The SMILES string of the molecule is CCNC(=O)C(CCCSC)(CCCSC)CCCSC. The second kappa shape index (κ2) is 14.1. The first-order valence-electron chi connectivity index (χ1n) is 7.92. The maximum absolute atomic E-state index is 12.7. The van der Waals surface area contributed by atoms with E-state index >= 15 is 0 Å². The topological polar surface area (TPSA) is 29.1 Å². The second-order valence-electron chi connectivity index (χ2n) is 5.43. The lowest BCUT2D eigenvalue weighted by Gasteiger charge is -2.33. The number of carbonyl (C=O) groups is 1. The Morgan fingerprint density at radius 2 is 1.24 bits per heavy atom. The fourth-order valence-corrected chi connectivity index (χ4v) is 4.03. The summed E-state index contributed by atoms with van der Waals surface area (Å²) in [6, 6.07) is 0. The number of thioether (sulfide) groups is 3. The first-order valence-corrected chi connectivity index (χ1v) is 12.1. The Hall–Kier alpha value is 0.520. The van der Waals surface area contributed by atoms with Gasteiger partial charge in [0.1, 0.15) is 0 Å². The lowest BCUT2D eigenvalue weighted by Crippen LogP contribution is -2.41. The molecular weight excluding hydrogens is 318 g/mol. The maximum atomic E-state index is 12.7. The van der Waals surface area contributed by atoms with Crippen LogP contribution in [0.1, 0.15) is 45.4 Å². The van der Waals surface area contributed by atoms with E-state index in [1.807, 2.05) is 42.2 Å². The van der Waals surface area contributed by atoms with Gasteiger partial charge in [0, 0.05) is 12.0 Å². The van der Waals surface area contributed by atoms with Crippen molar-refractivity contribution in [3.8, 4) is 0 Å². The Bertz CT molecular complexity index is 235. The molecule has 0 unspecified atom stereocenters. The molecule has 0 aromatic carbocycles. The van der Waals surface area contributed by atoms with Crippen molar-refractivity contribution in [3.05, 3.63) is 0 Å². The van der Waals surface area contributed by atoms with Crippen LogP contribution in [0.4, 0.5) is 0 Å². The van der Waals surface area contributed by atoms with Crippen LogP contribution in [0.25, 0.3) is 0 Å². The number of amides is 1. The zero-order chi connectivity index (χ0) is 16.0. The van der Waals surface area contributed by atoms with Crippen molar-refractivity contribution < 1.29 is 4.79 Å². The zero-order valence-corrected chi connectivity index (χ0v) is 16.7. The highest BCUT2D eigenvalue weighted by atomic mass is 32.2. The molecule has 0 heterocycles. The molecule has 1 N–H and O–H groups in total. The van der Waals surface area contributed by atoms with E-state index in [1.165, 1.54) is 0 Å². The minimum absolute atomic E-state index is 0.128. The summed E-state index contributed by atoms with van der Waals surface area (Å²) in [4.78, 5) is 12.7. The van der Waals surface area contributed by atoms with Gasteiger partial charge in [-0.3, -0.25) is 4.79 Å². The summed E-state index contributed by atoms with van der Waals surface area (Å²) in [7, 11) is 0. The van der Waals surface area contributed by atoms with Crippen molar-refractivity contribution in [1.29, 1.82) is 0 Å². The largest absolute Gasteiger partial charge is 0.356 e. The van der Waals surface area contributed by atoms with E-state index in [4.69, 9.17) is 0 Å². The number of hydrogen-bond donors (Lipinski definition) is 1. The number of nitrogens with one attached hydrogen (secondary N) is 1. The van der Waals surface area contributed by atoms with E-state index in [0.717, 1.165) is 62.3 Å². The lowest BCUT2D eigenvalue weighted by molar-refractivity contribution is -0.132. The Morgan fingerprint density at radius 1 is 0.857 bits per heavy atom. The van der Waals surface area contributed by atoms with E-state index in [2.05, 4.69) is 24.1 Å². The number of rotatable bonds is 14. The predicted molar refractivity (Wildman–Crippen MR) is 104 cm³/mol. The van der Waals surface area contributed by atoms with Crippen LogP contribution in [-0.4, -0.2) is 48.5 Å². The molecule has 0 aliphatic heterocycles. The minimum atomic E-state index is -0.128. The molecule has 0 bridgehead atoms. The van der Waals surface area contributed by atoms with Gasteiger partial charge >= 0.3 is 0 Å². The summed E-state index contributed by atoms with van der Waals surface area (Å²) in [5, 5.41) is 3.11. The van der Waals surface area contributed by atoms with Gasteiger partial charge in [-0.2, -0.15) is 35.3 Å². The van der Waals surface area contributed by atoms with Crippen molar-refractivity contribution in [2.24, 2.45) is 5.41 Å². The van der Waals surface area contributed by atoms with Gasteiger partial charge in [0.05, 0.1) is 0 Å². The van der Waals surface area contributed by atoms with Gasteiger partial charge in [0.25, 0.3) is 0 Å². The van der Waals surface area contributed by atoms with Crippen LogP contribution >= 0.6 is 35.3 Å². The second-order valence-corrected chi connectivity index (χ2v) is 8.39. The molecule has 0 fully saturated rings. The Morgan fingerprint density at radius 3 is 1.52 bits per heavy atom. The molecule has 0 saturated carbocycles. The number of hydrogen-bond acceptors (Lipinski definition) is 4. The molecule has 126 valence electrons.